The number of anilines is 1. The lowest BCUT2D eigenvalue weighted by molar-refractivity contribution is -0.113. The predicted octanol–water partition coefficient (Wildman–Crippen LogP) is 7.31. The Kier molecular flexibility index (Phi) is 9.52. The van der Waals surface area contributed by atoms with Crippen molar-refractivity contribution in [3.8, 4) is 5.75 Å². The van der Waals surface area contributed by atoms with E-state index in [9.17, 15) is 14.4 Å². The van der Waals surface area contributed by atoms with E-state index < -0.39 is 11.8 Å². The molecule has 0 aliphatic carbocycles. The minimum atomic E-state index is -0.578. The van der Waals surface area contributed by atoms with Gasteiger partial charge in [-0.1, -0.05) is 65.7 Å². The lowest BCUT2D eigenvalue weighted by Gasteiger charge is -2.12. The summed E-state index contributed by atoms with van der Waals surface area (Å²) >= 11 is 12.3. The summed E-state index contributed by atoms with van der Waals surface area (Å²) in [4.78, 5) is 38.8. The van der Waals surface area contributed by atoms with E-state index >= 15 is 0 Å². The molecular weight excluding hydrogens is 547 g/mol. The highest BCUT2D eigenvalue weighted by Crippen LogP contribution is 2.24. The Morgan fingerprint density at radius 3 is 2.17 bits per heavy atom. The first-order valence-electron chi connectivity index (χ1n) is 12.1. The van der Waals surface area contributed by atoms with Crippen molar-refractivity contribution in [1.82, 2.24) is 5.32 Å². The first-order chi connectivity index (χ1) is 19.3. The lowest BCUT2D eigenvalue weighted by Crippen LogP contribution is -2.30. The largest absolute Gasteiger partial charge is 0.496 e. The van der Waals surface area contributed by atoms with Gasteiger partial charge in [-0.15, -0.1) is 0 Å². The van der Waals surface area contributed by atoms with Gasteiger partial charge in [0.2, 0.25) is 0 Å². The Labute approximate surface area is 241 Å². The molecule has 0 bridgehead atoms. The van der Waals surface area contributed by atoms with Crippen molar-refractivity contribution in [2.24, 2.45) is 0 Å². The van der Waals surface area contributed by atoms with Crippen molar-refractivity contribution >= 4 is 58.6 Å². The monoisotopic (exact) mass is 570 g/mol. The number of carbonyl (C=O) groups is 3. The molecule has 200 valence electrons. The second kappa shape index (κ2) is 13.4. The van der Waals surface area contributed by atoms with E-state index in [1.165, 1.54) is 12.2 Å². The number of allylic oxidation sites excluding steroid dienone is 1. The SMILES string of the molecule is COc1ccccc1/C=C/C(=O)c1ccc(NC(=O)/C(=C/c2ccc(Cl)cc2Cl)NC(=O)c2ccccc2)cc1. The molecule has 0 saturated carbocycles. The molecule has 0 aliphatic heterocycles. The van der Waals surface area contributed by atoms with Gasteiger partial charge in [0.1, 0.15) is 11.4 Å². The number of para-hydroxylation sites is 1. The summed E-state index contributed by atoms with van der Waals surface area (Å²) in [5.41, 5.74) is 2.49. The first kappa shape index (κ1) is 28.4. The van der Waals surface area contributed by atoms with E-state index in [0.29, 0.717) is 38.2 Å². The number of hydrogen-bond donors (Lipinski definition) is 2. The summed E-state index contributed by atoms with van der Waals surface area (Å²) in [5, 5.41) is 6.17. The minimum absolute atomic E-state index is 0.0297. The average molecular weight is 571 g/mol. The molecule has 4 aromatic carbocycles. The summed E-state index contributed by atoms with van der Waals surface area (Å²) in [5.74, 6) is -0.593. The van der Waals surface area contributed by atoms with Gasteiger partial charge in [-0.3, -0.25) is 14.4 Å². The van der Waals surface area contributed by atoms with Gasteiger partial charge in [-0.05, 0) is 78.4 Å². The fourth-order valence-corrected chi connectivity index (χ4v) is 4.16. The molecule has 0 aromatic heterocycles. The highest BCUT2D eigenvalue weighted by Gasteiger charge is 2.16. The number of hydrogen-bond acceptors (Lipinski definition) is 4. The van der Waals surface area contributed by atoms with E-state index in [1.54, 1.807) is 86.0 Å². The normalized spacial score (nSPS) is 11.2. The number of ether oxygens (including phenoxy) is 1. The average Bonchev–Trinajstić information content (AvgIpc) is 2.97. The van der Waals surface area contributed by atoms with Crippen LogP contribution in [-0.4, -0.2) is 24.7 Å². The van der Waals surface area contributed by atoms with Crippen LogP contribution in [0.5, 0.6) is 5.75 Å². The molecule has 0 spiro atoms. The fourth-order valence-electron chi connectivity index (χ4n) is 3.70. The number of rotatable bonds is 9. The van der Waals surface area contributed by atoms with Crippen LogP contribution < -0.4 is 15.4 Å². The van der Waals surface area contributed by atoms with Crippen LogP contribution in [0.4, 0.5) is 5.69 Å². The maximum atomic E-state index is 13.2. The van der Waals surface area contributed by atoms with Gasteiger partial charge < -0.3 is 15.4 Å². The third-order valence-corrected chi connectivity index (χ3v) is 6.33. The van der Waals surface area contributed by atoms with Crippen molar-refractivity contribution in [2.75, 3.05) is 12.4 Å². The number of nitrogens with one attached hydrogen (secondary N) is 2. The zero-order valence-corrected chi connectivity index (χ0v) is 22.9. The third kappa shape index (κ3) is 7.47. The number of benzene rings is 4. The second-order valence-electron chi connectivity index (χ2n) is 8.52. The van der Waals surface area contributed by atoms with E-state index in [0.717, 1.165) is 5.56 Å². The van der Waals surface area contributed by atoms with Crippen LogP contribution in [-0.2, 0) is 4.79 Å². The van der Waals surface area contributed by atoms with Crippen molar-refractivity contribution in [3.05, 3.63) is 141 Å². The van der Waals surface area contributed by atoms with Crippen LogP contribution in [0.15, 0.2) is 109 Å². The van der Waals surface area contributed by atoms with E-state index in [-0.39, 0.29) is 11.5 Å². The van der Waals surface area contributed by atoms with Gasteiger partial charge in [0.15, 0.2) is 5.78 Å². The molecule has 2 N–H and O–H groups in total. The smallest absolute Gasteiger partial charge is 0.272 e. The summed E-state index contributed by atoms with van der Waals surface area (Å²) in [7, 11) is 1.57. The first-order valence-corrected chi connectivity index (χ1v) is 12.9. The topological polar surface area (TPSA) is 84.5 Å². The number of carbonyl (C=O) groups excluding carboxylic acids is 3. The molecule has 8 heteroatoms. The van der Waals surface area contributed by atoms with Crippen LogP contribution in [0.25, 0.3) is 12.2 Å². The Morgan fingerprint density at radius 2 is 1.48 bits per heavy atom. The molecule has 6 nitrogen and oxygen atoms in total. The van der Waals surface area contributed by atoms with Crippen molar-refractivity contribution in [3.63, 3.8) is 0 Å². The Balaban J connectivity index is 1.52. The van der Waals surface area contributed by atoms with Gasteiger partial charge in [-0.25, -0.2) is 0 Å². The number of methoxy groups -OCH3 is 1. The van der Waals surface area contributed by atoms with Gasteiger partial charge in [0.25, 0.3) is 11.8 Å². The number of ketones is 1. The van der Waals surface area contributed by atoms with Crippen molar-refractivity contribution in [2.45, 2.75) is 0 Å². The molecule has 40 heavy (non-hydrogen) atoms. The summed E-state index contributed by atoms with van der Waals surface area (Å²) in [6.45, 7) is 0. The molecular formula is C32H24Cl2N2O4. The zero-order valence-electron chi connectivity index (χ0n) is 21.4. The van der Waals surface area contributed by atoms with Gasteiger partial charge in [0.05, 0.1) is 7.11 Å². The van der Waals surface area contributed by atoms with Gasteiger partial charge in [0, 0.05) is 32.4 Å². The highest BCUT2D eigenvalue weighted by molar-refractivity contribution is 6.35. The summed E-state index contributed by atoms with van der Waals surface area (Å²) < 4.78 is 5.31. The molecule has 0 saturated heterocycles. The lowest BCUT2D eigenvalue weighted by atomic mass is 10.1. The number of halogens is 2. The molecule has 4 aromatic rings. The zero-order chi connectivity index (χ0) is 28.5. The van der Waals surface area contributed by atoms with Gasteiger partial charge in [-0.2, -0.15) is 0 Å². The fraction of sp³-hybridized carbons (Fsp3) is 0.0312. The molecule has 0 aliphatic rings. The van der Waals surface area contributed by atoms with Crippen molar-refractivity contribution < 1.29 is 19.1 Å². The van der Waals surface area contributed by atoms with Gasteiger partial charge >= 0.3 is 0 Å². The van der Waals surface area contributed by atoms with Crippen LogP contribution in [0.2, 0.25) is 10.0 Å². The van der Waals surface area contributed by atoms with Crippen LogP contribution in [0.1, 0.15) is 31.8 Å². The quantitative estimate of drug-likeness (QED) is 0.163. The Bertz CT molecular complexity index is 1600. The molecule has 2 amide bonds. The molecule has 0 heterocycles. The molecule has 4 rings (SSSR count). The van der Waals surface area contributed by atoms with Crippen LogP contribution in [0.3, 0.4) is 0 Å². The Morgan fingerprint density at radius 1 is 0.775 bits per heavy atom. The second-order valence-corrected chi connectivity index (χ2v) is 9.36. The minimum Gasteiger partial charge on any atom is -0.496 e. The molecule has 0 radical (unpaired) electrons. The van der Waals surface area contributed by atoms with Crippen molar-refractivity contribution in [1.29, 1.82) is 0 Å². The molecule has 0 unspecified atom stereocenters. The standard InChI is InChI=1S/C32H24Cl2N2O4/c1-40-30-10-6-5-7-22(30)14-18-29(37)21-12-16-26(17-13-21)35-32(39)28(19-24-11-15-25(33)20-27(24)34)36-31(38)23-8-3-2-4-9-23/h2-20H,1H3,(H,35,39)(H,36,38)/b18-14+,28-19-. The third-order valence-electron chi connectivity index (χ3n) is 5.77. The maximum absolute atomic E-state index is 13.2. The maximum Gasteiger partial charge on any atom is 0.272 e. The van der Waals surface area contributed by atoms with E-state index in [4.69, 9.17) is 27.9 Å². The molecule has 0 atom stereocenters. The summed E-state index contributed by atoms with van der Waals surface area (Å²) in [6, 6.07) is 27.1. The summed E-state index contributed by atoms with van der Waals surface area (Å²) in [6.07, 6.45) is 4.61. The van der Waals surface area contributed by atoms with Crippen LogP contribution >= 0.6 is 23.2 Å². The molecule has 0 fully saturated rings. The Hall–Kier alpha value is -4.65. The predicted molar refractivity (Wildman–Crippen MR) is 160 cm³/mol. The van der Waals surface area contributed by atoms with E-state index in [1.807, 2.05) is 24.3 Å². The number of amides is 2. The van der Waals surface area contributed by atoms with E-state index in [2.05, 4.69) is 10.6 Å². The van der Waals surface area contributed by atoms with Crippen LogP contribution in [0, 0.1) is 0 Å². The highest BCUT2D eigenvalue weighted by atomic mass is 35.5.